The van der Waals surface area contributed by atoms with Gasteiger partial charge in [-0.1, -0.05) is 13.8 Å². The van der Waals surface area contributed by atoms with E-state index in [1.807, 2.05) is 0 Å². The van der Waals surface area contributed by atoms with Crippen LogP contribution < -0.4 is 5.73 Å². The fourth-order valence-electron chi connectivity index (χ4n) is 0.603. The maximum absolute atomic E-state index is 10.3. The zero-order valence-electron chi connectivity index (χ0n) is 6.23. The van der Waals surface area contributed by atoms with Crippen molar-refractivity contribution in [1.29, 1.82) is 0 Å². The Morgan fingerprint density at radius 3 is 2.50 bits per heavy atom. The first-order valence-corrected chi connectivity index (χ1v) is 4.25. The maximum atomic E-state index is 10.3. The van der Waals surface area contributed by atoms with E-state index in [-0.39, 0.29) is 5.91 Å². The number of carbonyl (C=O) groups is 1. The summed E-state index contributed by atoms with van der Waals surface area (Å²) in [5.41, 5.74) is 4.95. The zero-order chi connectivity index (χ0) is 8.15. The van der Waals surface area contributed by atoms with Gasteiger partial charge in [-0.05, 0) is 38.5 Å². The lowest BCUT2D eigenvalue weighted by Crippen LogP contribution is -2.06. The van der Waals surface area contributed by atoms with Crippen molar-refractivity contribution in [3.8, 4) is 0 Å². The Morgan fingerprint density at radius 2 is 2.20 bits per heavy atom. The molecule has 0 saturated carbocycles. The molecule has 58 valence electrons. The minimum absolute atomic E-state index is 0.356. The Bertz CT molecular complexity index is 152. The van der Waals surface area contributed by atoms with Crippen LogP contribution in [0.2, 0.25) is 0 Å². The van der Waals surface area contributed by atoms with Gasteiger partial charge in [-0.2, -0.15) is 0 Å². The summed E-state index contributed by atoms with van der Waals surface area (Å²) < 4.78 is 1.03. The molecule has 2 nitrogen and oxygen atoms in total. The quantitative estimate of drug-likeness (QED) is 0.605. The van der Waals surface area contributed by atoms with Crippen LogP contribution in [0.4, 0.5) is 0 Å². The Morgan fingerprint density at radius 1 is 1.70 bits per heavy atom. The molecule has 0 aliphatic carbocycles. The Labute approximate surface area is 75.0 Å². The highest BCUT2D eigenvalue weighted by atomic mass is 127. The van der Waals surface area contributed by atoms with Crippen LogP contribution in [0.25, 0.3) is 0 Å². The van der Waals surface area contributed by atoms with E-state index >= 15 is 0 Å². The van der Waals surface area contributed by atoms with Gasteiger partial charge in [-0.25, -0.2) is 0 Å². The van der Waals surface area contributed by atoms with Gasteiger partial charge < -0.3 is 5.73 Å². The van der Waals surface area contributed by atoms with Crippen LogP contribution in [0.3, 0.4) is 0 Å². The van der Waals surface area contributed by atoms with Gasteiger partial charge in [0.2, 0.25) is 5.91 Å². The van der Waals surface area contributed by atoms with E-state index in [0.29, 0.717) is 5.92 Å². The van der Waals surface area contributed by atoms with Crippen LogP contribution in [0, 0.1) is 5.92 Å². The fourth-order valence-corrected chi connectivity index (χ4v) is 1.79. The largest absolute Gasteiger partial charge is 0.366 e. The third-order valence-electron chi connectivity index (χ3n) is 0.902. The second kappa shape index (κ2) is 4.71. The molecule has 0 saturated heterocycles. The number of allylic oxidation sites excluding steroid dienone is 1. The zero-order valence-corrected chi connectivity index (χ0v) is 8.38. The number of hydrogen-bond acceptors (Lipinski definition) is 1. The standard InChI is InChI=1S/C7H12INO/c1-5(2)3-6(8)4-7(9)10/h4-5H,3H2,1-2H3,(H2,9,10). The van der Waals surface area contributed by atoms with E-state index in [0.717, 1.165) is 10.0 Å². The number of hydrogen-bond donors (Lipinski definition) is 1. The third-order valence-corrected chi connectivity index (χ3v) is 1.65. The van der Waals surface area contributed by atoms with E-state index in [1.165, 1.54) is 6.08 Å². The second-order valence-corrected chi connectivity index (χ2v) is 3.98. The molecular weight excluding hydrogens is 241 g/mol. The molecule has 0 aromatic heterocycles. The van der Waals surface area contributed by atoms with Gasteiger partial charge in [-0.3, -0.25) is 4.79 Å². The first kappa shape index (κ1) is 9.94. The van der Waals surface area contributed by atoms with Gasteiger partial charge in [0.05, 0.1) is 0 Å². The molecule has 0 heterocycles. The average Bonchev–Trinajstić information content (AvgIpc) is 1.58. The van der Waals surface area contributed by atoms with Gasteiger partial charge in [-0.15, -0.1) is 0 Å². The molecule has 0 fully saturated rings. The minimum atomic E-state index is -0.356. The topological polar surface area (TPSA) is 43.1 Å². The second-order valence-electron chi connectivity index (χ2n) is 2.59. The normalized spacial score (nSPS) is 12.2. The number of rotatable bonds is 3. The third kappa shape index (κ3) is 6.07. The smallest absolute Gasteiger partial charge is 0.242 e. The predicted octanol–water partition coefficient (Wildman–Crippen LogP) is 1.84. The SMILES string of the molecule is CC(C)CC(I)=CC(N)=O. The van der Waals surface area contributed by atoms with E-state index in [9.17, 15) is 4.79 Å². The molecule has 0 spiro atoms. The number of primary amides is 1. The molecular formula is C7H12INO. The Kier molecular flexibility index (Phi) is 4.68. The molecule has 0 aromatic carbocycles. The van der Waals surface area contributed by atoms with Crippen molar-refractivity contribution in [2.75, 3.05) is 0 Å². The first-order valence-electron chi connectivity index (χ1n) is 3.18. The van der Waals surface area contributed by atoms with Gasteiger partial charge in [0.1, 0.15) is 0 Å². The summed E-state index contributed by atoms with van der Waals surface area (Å²) in [6.45, 7) is 4.21. The van der Waals surface area contributed by atoms with Crippen molar-refractivity contribution < 1.29 is 4.79 Å². The molecule has 1 amide bonds. The van der Waals surface area contributed by atoms with E-state index in [1.54, 1.807) is 0 Å². The highest BCUT2D eigenvalue weighted by molar-refractivity contribution is 14.1. The molecule has 10 heavy (non-hydrogen) atoms. The summed E-state index contributed by atoms with van der Waals surface area (Å²) in [4.78, 5) is 10.3. The lowest BCUT2D eigenvalue weighted by molar-refractivity contribution is -0.113. The molecule has 0 unspecified atom stereocenters. The lowest BCUT2D eigenvalue weighted by atomic mass is 10.1. The minimum Gasteiger partial charge on any atom is -0.366 e. The fraction of sp³-hybridized carbons (Fsp3) is 0.571. The summed E-state index contributed by atoms with van der Waals surface area (Å²) in [6.07, 6.45) is 2.41. The number of carbonyl (C=O) groups excluding carboxylic acids is 1. The Balaban J connectivity index is 3.83. The lowest BCUT2D eigenvalue weighted by Gasteiger charge is -2.00. The van der Waals surface area contributed by atoms with E-state index in [2.05, 4.69) is 36.4 Å². The van der Waals surface area contributed by atoms with Crippen LogP contribution in [0.15, 0.2) is 9.66 Å². The number of amides is 1. The van der Waals surface area contributed by atoms with Crippen molar-refractivity contribution in [2.45, 2.75) is 20.3 Å². The van der Waals surface area contributed by atoms with Gasteiger partial charge in [0, 0.05) is 6.08 Å². The van der Waals surface area contributed by atoms with Crippen LogP contribution in [0.5, 0.6) is 0 Å². The molecule has 0 aliphatic heterocycles. The summed E-state index contributed by atoms with van der Waals surface area (Å²) in [5, 5.41) is 0. The maximum Gasteiger partial charge on any atom is 0.242 e. The first-order chi connectivity index (χ1) is 4.52. The van der Waals surface area contributed by atoms with Crippen molar-refractivity contribution in [2.24, 2.45) is 11.7 Å². The van der Waals surface area contributed by atoms with Crippen LogP contribution in [-0.2, 0) is 4.79 Å². The summed E-state index contributed by atoms with van der Waals surface area (Å²) in [6, 6.07) is 0. The molecule has 0 aliphatic rings. The summed E-state index contributed by atoms with van der Waals surface area (Å²) >= 11 is 2.13. The predicted molar refractivity (Wildman–Crippen MR) is 50.8 cm³/mol. The van der Waals surface area contributed by atoms with Gasteiger partial charge in [0.15, 0.2) is 0 Å². The van der Waals surface area contributed by atoms with Crippen molar-refractivity contribution >= 4 is 28.5 Å². The molecule has 0 radical (unpaired) electrons. The van der Waals surface area contributed by atoms with Crippen LogP contribution in [-0.4, -0.2) is 5.91 Å². The molecule has 0 bridgehead atoms. The summed E-state index contributed by atoms with van der Waals surface area (Å²) in [7, 11) is 0. The average molecular weight is 253 g/mol. The molecule has 3 heteroatoms. The van der Waals surface area contributed by atoms with E-state index in [4.69, 9.17) is 5.73 Å². The van der Waals surface area contributed by atoms with Crippen LogP contribution >= 0.6 is 22.6 Å². The van der Waals surface area contributed by atoms with E-state index < -0.39 is 0 Å². The molecule has 0 aromatic rings. The van der Waals surface area contributed by atoms with Crippen molar-refractivity contribution in [1.82, 2.24) is 0 Å². The van der Waals surface area contributed by atoms with Crippen LogP contribution in [0.1, 0.15) is 20.3 Å². The molecule has 2 N–H and O–H groups in total. The highest BCUT2D eigenvalue weighted by Crippen LogP contribution is 2.16. The monoisotopic (exact) mass is 253 g/mol. The molecule has 0 rings (SSSR count). The van der Waals surface area contributed by atoms with Gasteiger partial charge >= 0.3 is 0 Å². The summed E-state index contributed by atoms with van der Waals surface area (Å²) in [5.74, 6) is 0.229. The number of nitrogens with two attached hydrogens (primary N) is 1. The highest BCUT2D eigenvalue weighted by Gasteiger charge is 1.97. The molecule has 0 atom stereocenters. The number of halogens is 1. The van der Waals surface area contributed by atoms with Crippen molar-refractivity contribution in [3.05, 3.63) is 9.66 Å². The van der Waals surface area contributed by atoms with Crippen molar-refractivity contribution in [3.63, 3.8) is 0 Å². The Hall–Kier alpha value is -0.0600. The van der Waals surface area contributed by atoms with Gasteiger partial charge in [0.25, 0.3) is 0 Å².